The number of para-hydroxylation sites is 1. The van der Waals surface area contributed by atoms with E-state index in [1.165, 1.54) is 83.3 Å². The van der Waals surface area contributed by atoms with Crippen molar-refractivity contribution in [1.29, 1.82) is 0 Å². The SMILES string of the molecule is CC1(C)c2ccccc2-c2ccc(-c3ccccc3N(c3ccc(-c4ccccc4-c4cccc5c4C(C)(C)c4ccccc4-5)cc3)c3ccc(-c4cccc5oc6c7ccccc7ccc6c45)cc3)cc21. The van der Waals surface area contributed by atoms with Gasteiger partial charge < -0.3 is 9.32 Å². The first kappa shape index (κ1) is 42.2. The Morgan fingerprint density at radius 3 is 1.58 bits per heavy atom. The molecular formula is C70H51NO. The van der Waals surface area contributed by atoms with Crippen molar-refractivity contribution in [3.05, 3.63) is 259 Å². The summed E-state index contributed by atoms with van der Waals surface area (Å²) in [6.45, 7) is 9.48. The molecule has 72 heavy (non-hydrogen) atoms. The summed E-state index contributed by atoms with van der Waals surface area (Å²) in [5.74, 6) is 0. The van der Waals surface area contributed by atoms with E-state index in [1.54, 1.807) is 0 Å². The van der Waals surface area contributed by atoms with Gasteiger partial charge in [-0.1, -0.05) is 216 Å². The van der Waals surface area contributed by atoms with Gasteiger partial charge in [-0.2, -0.15) is 0 Å². The number of benzene rings is 11. The maximum absolute atomic E-state index is 6.63. The Kier molecular flexibility index (Phi) is 9.32. The van der Waals surface area contributed by atoms with Crippen LogP contribution in [0, 0.1) is 0 Å². The number of nitrogens with zero attached hydrogens (tertiary/aromatic N) is 1. The van der Waals surface area contributed by atoms with Crippen LogP contribution in [0.3, 0.4) is 0 Å². The van der Waals surface area contributed by atoms with E-state index in [9.17, 15) is 0 Å². The smallest absolute Gasteiger partial charge is 0.143 e. The lowest BCUT2D eigenvalue weighted by Gasteiger charge is -2.29. The van der Waals surface area contributed by atoms with E-state index in [1.807, 2.05) is 0 Å². The highest BCUT2D eigenvalue weighted by molar-refractivity contribution is 6.19. The quantitative estimate of drug-likeness (QED) is 0.158. The predicted octanol–water partition coefficient (Wildman–Crippen LogP) is 19.5. The molecule has 0 spiro atoms. The summed E-state index contributed by atoms with van der Waals surface area (Å²) in [7, 11) is 0. The van der Waals surface area contributed by atoms with Crippen molar-refractivity contribution < 1.29 is 4.42 Å². The van der Waals surface area contributed by atoms with Crippen molar-refractivity contribution in [3.8, 4) is 66.8 Å². The van der Waals surface area contributed by atoms with Gasteiger partial charge in [0.2, 0.25) is 0 Å². The van der Waals surface area contributed by atoms with Crippen LogP contribution in [0.15, 0.2) is 241 Å². The van der Waals surface area contributed by atoms with E-state index < -0.39 is 0 Å². The van der Waals surface area contributed by atoms with Crippen LogP contribution in [0.1, 0.15) is 49.9 Å². The predicted molar refractivity (Wildman–Crippen MR) is 303 cm³/mol. The molecule has 0 N–H and O–H groups in total. The van der Waals surface area contributed by atoms with Gasteiger partial charge in [0.05, 0.1) is 5.69 Å². The fraction of sp³-hybridized carbons (Fsp3) is 0.0857. The zero-order valence-electron chi connectivity index (χ0n) is 40.9. The molecule has 2 nitrogen and oxygen atoms in total. The van der Waals surface area contributed by atoms with Crippen LogP contribution < -0.4 is 4.90 Å². The second kappa shape index (κ2) is 15.9. The van der Waals surface area contributed by atoms with Gasteiger partial charge in [0.15, 0.2) is 0 Å². The molecule has 0 unspecified atom stereocenters. The average Bonchev–Trinajstić information content (AvgIpc) is 4.02. The Bertz CT molecular complexity index is 4150. The summed E-state index contributed by atoms with van der Waals surface area (Å²) in [5, 5.41) is 4.58. The minimum Gasteiger partial charge on any atom is -0.455 e. The van der Waals surface area contributed by atoms with E-state index in [4.69, 9.17) is 4.42 Å². The number of hydrogen-bond donors (Lipinski definition) is 0. The Labute approximate surface area is 421 Å². The molecule has 0 saturated heterocycles. The fourth-order valence-corrected chi connectivity index (χ4v) is 12.6. The number of hydrogen-bond acceptors (Lipinski definition) is 2. The number of anilines is 3. The lowest BCUT2D eigenvalue weighted by Crippen LogP contribution is -2.16. The molecule has 1 aromatic heterocycles. The molecule has 0 radical (unpaired) electrons. The van der Waals surface area contributed by atoms with Gasteiger partial charge in [0.25, 0.3) is 0 Å². The molecule has 1 heterocycles. The Balaban J connectivity index is 0.901. The molecule has 0 fully saturated rings. The first-order chi connectivity index (χ1) is 35.2. The molecule has 2 heteroatoms. The molecule has 12 aromatic rings. The molecule has 14 rings (SSSR count). The van der Waals surface area contributed by atoms with Crippen molar-refractivity contribution in [1.82, 2.24) is 0 Å². The van der Waals surface area contributed by atoms with Gasteiger partial charge in [-0.15, -0.1) is 0 Å². The van der Waals surface area contributed by atoms with E-state index in [-0.39, 0.29) is 10.8 Å². The topological polar surface area (TPSA) is 16.4 Å². The summed E-state index contributed by atoms with van der Waals surface area (Å²) in [5.41, 5.74) is 25.3. The average molecular weight is 922 g/mol. The number of rotatable bonds is 7. The zero-order valence-corrected chi connectivity index (χ0v) is 40.9. The van der Waals surface area contributed by atoms with Gasteiger partial charge >= 0.3 is 0 Å². The molecular weight excluding hydrogens is 871 g/mol. The second-order valence-corrected chi connectivity index (χ2v) is 20.8. The van der Waals surface area contributed by atoms with E-state index >= 15 is 0 Å². The monoisotopic (exact) mass is 921 g/mol. The molecule has 11 aromatic carbocycles. The minimum absolute atomic E-state index is 0.117. The fourth-order valence-electron chi connectivity index (χ4n) is 12.6. The number of fused-ring (bicyclic) bond motifs is 11. The molecule has 0 atom stereocenters. The lowest BCUT2D eigenvalue weighted by molar-refractivity contribution is 0.660. The van der Waals surface area contributed by atoms with Gasteiger partial charge in [-0.3, -0.25) is 0 Å². The van der Waals surface area contributed by atoms with E-state index in [0.29, 0.717) is 0 Å². The number of furan rings is 1. The third kappa shape index (κ3) is 6.28. The molecule has 2 aliphatic carbocycles. The lowest BCUT2D eigenvalue weighted by atomic mass is 9.78. The maximum Gasteiger partial charge on any atom is 0.143 e. The van der Waals surface area contributed by atoms with Crippen molar-refractivity contribution in [2.24, 2.45) is 0 Å². The normalized spacial score (nSPS) is 13.8. The van der Waals surface area contributed by atoms with Crippen molar-refractivity contribution in [3.63, 3.8) is 0 Å². The van der Waals surface area contributed by atoms with E-state index in [2.05, 4.69) is 269 Å². The molecule has 0 amide bonds. The first-order valence-electron chi connectivity index (χ1n) is 25.2. The summed E-state index contributed by atoms with van der Waals surface area (Å²) in [4.78, 5) is 2.44. The Morgan fingerprint density at radius 2 is 0.847 bits per heavy atom. The summed E-state index contributed by atoms with van der Waals surface area (Å²) in [6, 6.07) is 87.3. The molecule has 0 aliphatic heterocycles. The molecule has 2 aliphatic rings. The van der Waals surface area contributed by atoms with Gasteiger partial charge in [-0.05, 0) is 137 Å². The van der Waals surface area contributed by atoms with Crippen LogP contribution >= 0.6 is 0 Å². The van der Waals surface area contributed by atoms with Crippen LogP contribution in [-0.2, 0) is 10.8 Å². The zero-order chi connectivity index (χ0) is 48.3. The third-order valence-corrected chi connectivity index (χ3v) is 16.1. The van der Waals surface area contributed by atoms with Crippen LogP contribution in [-0.4, -0.2) is 0 Å². The van der Waals surface area contributed by atoms with Gasteiger partial charge in [-0.25, -0.2) is 0 Å². The second-order valence-electron chi connectivity index (χ2n) is 20.8. The van der Waals surface area contributed by atoms with Crippen molar-refractivity contribution in [2.45, 2.75) is 38.5 Å². The third-order valence-electron chi connectivity index (χ3n) is 16.1. The highest BCUT2D eigenvalue weighted by atomic mass is 16.3. The maximum atomic E-state index is 6.63. The Morgan fingerprint density at radius 1 is 0.333 bits per heavy atom. The Hall–Kier alpha value is -8.72. The largest absolute Gasteiger partial charge is 0.455 e. The van der Waals surface area contributed by atoms with Crippen molar-refractivity contribution >= 4 is 49.8 Å². The van der Waals surface area contributed by atoms with E-state index in [0.717, 1.165) is 55.5 Å². The van der Waals surface area contributed by atoms with Gasteiger partial charge in [0.1, 0.15) is 11.2 Å². The summed E-state index contributed by atoms with van der Waals surface area (Å²) in [6.07, 6.45) is 0. The summed E-state index contributed by atoms with van der Waals surface area (Å²) >= 11 is 0. The molecule has 0 bridgehead atoms. The highest BCUT2D eigenvalue weighted by Gasteiger charge is 2.38. The van der Waals surface area contributed by atoms with Crippen molar-refractivity contribution in [2.75, 3.05) is 4.90 Å². The van der Waals surface area contributed by atoms with Crippen LogP contribution in [0.4, 0.5) is 17.1 Å². The van der Waals surface area contributed by atoms with Gasteiger partial charge in [0, 0.05) is 43.9 Å². The standard InChI is InChI=1S/C70H51NO/c1-69(2)61-27-12-9-22-55(61)57-41-36-47(43-63(57)69)51-19-11-14-29-64(51)71(49-39-33-46(34-40-49)52-24-16-30-65-66(52)60-42-35-44-17-5-6-20-53(44)68(60)72-65)48-37-31-45(32-38-48)50-18-7-8-21-54(50)58-25-15-26-59-56-23-10-13-28-62(56)70(3,4)67(58)59/h5-43H,1-4H3. The first-order valence-corrected chi connectivity index (χ1v) is 25.2. The molecule has 0 saturated carbocycles. The summed E-state index contributed by atoms with van der Waals surface area (Å²) < 4.78 is 6.63. The van der Waals surface area contributed by atoms with Crippen LogP contribution in [0.2, 0.25) is 0 Å². The highest BCUT2D eigenvalue weighted by Crippen LogP contribution is 2.54. The van der Waals surface area contributed by atoms with Crippen LogP contribution in [0.5, 0.6) is 0 Å². The molecule has 342 valence electrons. The van der Waals surface area contributed by atoms with Crippen LogP contribution in [0.25, 0.3) is 99.5 Å². The minimum atomic E-state index is -0.130.